The molecule has 0 radical (unpaired) electrons. The largest absolute Gasteiger partial charge is 0.497 e. The van der Waals surface area contributed by atoms with Crippen LogP contribution in [0.15, 0.2) is 26.8 Å². The Morgan fingerprint density at radius 1 is 0.900 bits per heavy atom. The van der Waals surface area contributed by atoms with Crippen LogP contribution in [0.4, 0.5) is 5.82 Å². The van der Waals surface area contributed by atoms with Gasteiger partial charge in [0.1, 0.15) is 24.2 Å². The molecule has 50 heavy (non-hydrogen) atoms. The predicted molar refractivity (Wildman–Crippen MR) is 189 cm³/mol. The number of carbonyl (C=O) groups is 3. The Labute approximate surface area is 309 Å². The molecular formula is C37H55N4O8Zn-. The number of aliphatic carboxylic acids is 1. The van der Waals surface area contributed by atoms with Crippen LogP contribution >= 0.6 is 0 Å². The number of amidine groups is 1. The summed E-state index contributed by atoms with van der Waals surface area (Å²) < 4.78 is 6.09. The van der Waals surface area contributed by atoms with Crippen LogP contribution in [0, 0.1) is 42.4 Å². The maximum absolute atomic E-state index is 13.6. The second-order valence-electron chi connectivity index (χ2n) is 14.5. The average Bonchev–Trinajstić information content (AvgIpc) is 3.41. The van der Waals surface area contributed by atoms with E-state index >= 15 is 0 Å². The van der Waals surface area contributed by atoms with Crippen LogP contribution in [-0.2, 0) is 55.0 Å². The molecule has 12 nitrogen and oxygen atoms in total. The van der Waals surface area contributed by atoms with E-state index in [0.29, 0.717) is 52.0 Å². The number of carboxylic acid groups (broad SMARTS) is 1. The fourth-order valence-electron chi connectivity index (χ4n) is 7.65. The molecule has 1 aliphatic heterocycles. The van der Waals surface area contributed by atoms with Gasteiger partial charge in [0.2, 0.25) is 0 Å². The molecular weight excluding hydrogens is 694 g/mol. The van der Waals surface area contributed by atoms with Crippen LogP contribution in [0.3, 0.4) is 0 Å². The Morgan fingerprint density at radius 3 is 1.88 bits per heavy atom. The molecule has 2 heterocycles. The minimum absolute atomic E-state index is 0. The van der Waals surface area contributed by atoms with E-state index in [9.17, 15) is 14.7 Å². The van der Waals surface area contributed by atoms with E-state index in [2.05, 4.69) is 56.8 Å². The number of anilines is 1. The third kappa shape index (κ3) is 11.4. The zero-order chi connectivity index (χ0) is 36.7. The van der Waals surface area contributed by atoms with Crippen LogP contribution < -0.4 is 10.3 Å². The number of nitrogens with zero attached hydrogens (tertiary/aromatic N) is 3. The minimum Gasteiger partial charge on any atom is -0.497 e. The quantitative estimate of drug-likeness (QED) is 0.0623. The standard InChI is InChI=1S/C35H52N4O6.C2H4O2.Zn/c1-17-11-19(3)31(20(4)12-17)44-35(42)30-24(8)29(39-34(30)37-26(10)41)15-28-23(7)27(33(38-28)36-25(9)40)16-43-45-32-21(5)13-18(2)14-22(32)6;1-2(3)4;/h15,17-22,31-32H,11-14,16H2,1-10H3,(H3,36,37,38,39,40,41,42);1H3,(H,3,4);/p-1. The van der Waals surface area contributed by atoms with Crippen LogP contribution in [0.1, 0.15) is 112 Å². The summed E-state index contributed by atoms with van der Waals surface area (Å²) in [4.78, 5) is 59.9. The van der Waals surface area contributed by atoms with Gasteiger partial charge in [-0.3, -0.25) is 9.59 Å². The van der Waals surface area contributed by atoms with Gasteiger partial charge in [-0.05, 0) is 110 Å². The van der Waals surface area contributed by atoms with Crippen molar-refractivity contribution in [2.75, 3.05) is 5.32 Å². The minimum atomic E-state index is -0.833. The Morgan fingerprint density at radius 2 is 1.40 bits per heavy atom. The number of hydrogen-bond donors (Lipinski definition) is 3. The topological polar surface area (TPSA) is 170 Å². The number of rotatable bonds is 8. The van der Waals surface area contributed by atoms with Crippen molar-refractivity contribution < 1.29 is 58.6 Å². The number of aromatic nitrogens is 1. The number of carboxylic acids is 1. The van der Waals surface area contributed by atoms with E-state index < -0.39 is 11.9 Å². The molecule has 1 amide bonds. The van der Waals surface area contributed by atoms with Gasteiger partial charge in [0.05, 0.1) is 11.8 Å². The summed E-state index contributed by atoms with van der Waals surface area (Å²) in [6.07, 6.45) is 5.70. The summed E-state index contributed by atoms with van der Waals surface area (Å²) in [7, 11) is 0. The molecule has 2 aliphatic carbocycles. The van der Waals surface area contributed by atoms with E-state index in [1.54, 1.807) is 13.0 Å². The number of amides is 1. The molecule has 3 N–H and O–H groups in total. The van der Waals surface area contributed by atoms with Gasteiger partial charge in [-0.15, -0.1) is 0 Å². The molecule has 0 saturated heterocycles. The van der Waals surface area contributed by atoms with Gasteiger partial charge in [0, 0.05) is 33.3 Å². The fraction of sp³-hybridized carbons (Fsp3) is 0.649. The first-order chi connectivity index (χ1) is 22.9. The molecule has 1 aromatic heterocycles. The molecule has 274 valence electrons. The Bertz CT molecular complexity index is 1480. The van der Waals surface area contributed by atoms with Crippen molar-refractivity contribution in [1.82, 2.24) is 4.98 Å². The number of aliphatic imine (C=N–C) groups is 2. The van der Waals surface area contributed by atoms with Gasteiger partial charge in [-0.2, -0.15) is 4.99 Å². The van der Waals surface area contributed by atoms with Gasteiger partial charge in [0.15, 0.2) is 11.7 Å². The summed E-state index contributed by atoms with van der Waals surface area (Å²) in [5, 5.41) is 20.2. The summed E-state index contributed by atoms with van der Waals surface area (Å²) >= 11 is 0. The fourth-order valence-corrected chi connectivity index (χ4v) is 7.65. The Kier molecular flexibility index (Phi) is 16.3. The first kappa shape index (κ1) is 43.0. The average molecular weight is 749 g/mol. The summed E-state index contributed by atoms with van der Waals surface area (Å²) in [6, 6.07) is 0. The number of nitrogens with one attached hydrogen (secondary N) is 1. The number of allylic oxidation sites excluding steroid dienone is 1. The van der Waals surface area contributed by atoms with Crippen molar-refractivity contribution >= 4 is 41.5 Å². The third-order valence-electron chi connectivity index (χ3n) is 9.57. The van der Waals surface area contributed by atoms with Gasteiger partial charge in [-0.25, -0.2) is 19.6 Å². The van der Waals surface area contributed by atoms with E-state index in [1.807, 2.05) is 6.92 Å². The molecule has 4 atom stereocenters. The number of aliphatic hydroxyl groups is 1. The monoisotopic (exact) mass is 747 g/mol. The number of aliphatic hydroxyl groups excluding tert-OH is 1. The van der Waals surface area contributed by atoms with Crippen LogP contribution in [0.25, 0.3) is 6.08 Å². The van der Waals surface area contributed by atoms with E-state index in [4.69, 9.17) is 29.4 Å². The Balaban J connectivity index is 0.00000164. The molecule has 0 spiro atoms. The molecule has 4 rings (SSSR count). The SMILES string of the molecule is CC(=O)Nc1[n-]c(/C=C2\N=C(N=C(C)O)C(C(=O)OC3C(C)CC(C)CC3C)=C2C)c(C)c1COOC1C(C)CC(C)CC1C.CC(=O)O.[Zn]. The maximum Gasteiger partial charge on any atom is 0.342 e. The number of esters is 1. The van der Waals surface area contributed by atoms with E-state index in [0.717, 1.165) is 38.2 Å². The summed E-state index contributed by atoms with van der Waals surface area (Å²) in [6.45, 7) is 20.9. The molecule has 13 heteroatoms. The second-order valence-corrected chi connectivity index (χ2v) is 14.5. The van der Waals surface area contributed by atoms with E-state index in [-0.39, 0.29) is 73.3 Å². The van der Waals surface area contributed by atoms with Crippen LogP contribution in [-0.4, -0.2) is 52.0 Å². The number of hydrogen-bond acceptors (Lipinski definition) is 8. The van der Waals surface area contributed by atoms with Crippen molar-refractivity contribution in [2.45, 2.75) is 121 Å². The van der Waals surface area contributed by atoms with Crippen LogP contribution in [0.2, 0.25) is 0 Å². The molecule has 4 unspecified atom stereocenters. The normalized spacial score (nSPS) is 29.1. The zero-order valence-corrected chi connectivity index (χ0v) is 34.6. The summed E-state index contributed by atoms with van der Waals surface area (Å²) in [5.41, 5.74) is 3.31. The maximum atomic E-state index is 13.6. The van der Waals surface area contributed by atoms with Crippen molar-refractivity contribution in [2.24, 2.45) is 45.5 Å². The third-order valence-corrected chi connectivity index (χ3v) is 9.57. The van der Waals surface area contributed by atoms with Crippen molar-refractivity contribution in [3.8, 4) is 0 Å². The molecule has 2 saturated carbocycles. The molecule has 2 fully saturated rings. The van der Waals surface area contributed by atoms with Gasteiger partial charge in [0.25, 0.3) is 5.97 Å². The summed E-state index contributed by atoms with van der Waals surface area (Å²) in [5.74, 6) is 1.13. The Hall–Kier alpha value is -3.15. The molecule has 0 bridgehead atoms. The van der Waals surface area contributed by atoms with Crippen molar-refractivity contribution in [3.63, 3.8) is 0 Å². The smallest absolute Gasteiger partial charge is 0.342 e. The van der Waals surface area contributed by atoms with Gasteiger partial charge in [-0.1, -0.05) is 47.4 Å². The first-order valence-corrected chi connectivity index (χ1v) is 17.3. The van der Waals surface area contributed by atoms with Gasteiger partial charge >= 0.3 is 5.97 Å². The molecule has 3 aliphatic rings. The number of ether oxygens (including phenoxy) is 1. The predicted octanol–water partition coefficient (Wildman–Crippen LogP) is 7.18. The molecule has 0 aromatic carbocycles. The molecule has 1 aromatic rings. The van der Waals surface area contributed by atoms with Crippen LogP contribution in [0.5, 0.6) is 0 Å². The van der Waals surface area contributed by atoms with E-state index in [1.165, 1.54) is 13.8 Å². The van der Waals surface area contributed by atoms with Gasteiger partial charge < -0.3 is 25.3 Å². The first-order valence-electron chi connectivity index (χ1n) is 17.3. The van der Waals surface area contributed by atoms with Crippen molar-refractivity contribution in [3.05, 3.63) is 33.7 Å². The second kappa shape index (κ2) is 18.9. The number of carbonyl (C=O) groups excluding carboxylic acids is 2. The zero-order valence-electron chi connectivity index (χ0n) is 31.6. The van der Waals surface area contributed by atoms with Crippen molar-refractivity contribution in [1.29, 1.82) is 0 Å².